The Bertz CT molecular complexity index is 1400. The summed E-state index contributed by atoms with van der Waals surface area (Å²) >= 11 is 0. The average Bonchev–Trinajstić information content (AvgIpc) is 3.58. The molecular formula is C28H30F3N5O3. The lowest BCUT2D eigenvalue weighted by molar-refractivity contribution is -0.138. The number of carbonyl (C=O) groups excluding carboxylic acids is 1. The molecule has 3 aliphatic rings. The predicted molar refractivity (Wildman–Crippen MR) is 136 cm³/mol. The lowest BCUT2D eigenvalue weighted by atomic mass is 9.75. The summed E-state index contributed by atoms with van der Waals surface area (Å²) in [6, 6.07) is 10.1. The van der Waals surface area contributed by atoms with Gasteiger partial charge in [0.05, 0.1) is 31.4 Å². The summed E-state index contributed by atoms with van der Waals surface area (Å²) in [5.74, 6) is 0.605. The van der Waals surface area contributed by atoms with Gasteiger partial charge in [-0.3, -0.25) is 4.79 Å². The van der Waals surface area contributed by atoms with Gasteiger partial charge in [-0.1, -0.05) is 12.1 Å². The highest BCUT2D eigenvalue weighted by atomic mass is 19.4. The fraction of sp³-hybridized carbons (Fsp3) is 0.464. The molecule has 1 unspecified atom stereocenters. The number of anilines is 1. The van der Waals surface area contributed by atoms with Crippen molar-refractivity contribution in [2.75, 3.05) is 24.7 Å². The van der Waals surface area contributed by atoms with E-state index >= 15 is 0 Å². The highest BCUT2D eigenvalue weighted by Crippen LogP contribution is 2.41. The Morgan fingerprint density at radius 3 is 2.67 bits per heavy atom. The molecule has 1 aliphatic carbocycles. The van der Waals surface area contributed by atoms with Crippen LogP contribution in [0.2, 0.25) is 0 Å². The number of benzene rings is 2. The molecular weight excluding hydrogens is 511 g/mol. The number of nitrogens with one attached hydrogen (secondary N) is 1. The summed E-state index contributed by atoms with van der Waals surface area (Å²) in [5.41, 5.74) is 0.746. The molecule has 3 aromatic rings. The fourth-order valence-electron chi connectivity index (χ4n) is 5.54. The quantitative estimate of drug-likeness (QED) is 0.432. The number of ether oxygens (including phenoxy) is 1. The number of rotatable bonds is 9. The molecule has 1 aromatic heterocycles. The number of amides is 1. The molecule has 0 bridgehead atoms. The van der Waals surface area contributed by atoms with Crippen molar-refractivity contribution < 1.29 is 27.8 Å². The van der Waals surface area contributed by atoms with Gasteiger partial charge in [0.25, 0.3) is 5.91 Å². The Labute approximate surface area is 223 Å². The van der Waals surface area contributed by atoms with E-state index < -0.39 is 23.8 Å². The second-order valence-electron chi connectivity index (χ2n) is 11.0. The summed E-state index contributed by atoms with van der Waals surface area (Å²) in [6.45, 7) is 1.22. The van der Waals surface area contributed by atoms with Crippen molar-refractivity contribution in [1.29, 1.82) is 0 Å². The monoisotopic (exact) mass is 541 g/mol. The summed E-state index contributed by atoms with van der Waals surface area (Å²) in [6.07, 6.45) is -0.944. The maximum absolute atomic E-state index is 14.1. The van der Waals surface area contributed by atoms with Crippen LogP contribution in [-0.4, -0.2) is 51.6 Å². The van der Waals surface area contributed by atoms with Gasteiger partial charge < -0.3 is 24.6 Å². The van der Waals surface area contributed by atoms with Crippen LogP contribution in [0.4, 0.5) is 18.9 Å². The summed E-state index contributed by atoms with van der Waals surface area (Å²) in [5, 5.41) is 21.3. The largest absolute Gasteiger partial charge is 0.416 e. The van der Waals surface area contributed by atoms with Gasteiger partial charge in [0.15, 0.2) is 0 Å². The Kier molecular flexibility index (Phi) is 6.47. The van der Waals surface area contributed by atoms with Crippen molar-refractivity contribution in [3.8, 4) is 0 Å². The molecule has 2 aromatic carbocycles. The Morgan fingerprint density at radius 1 is 1.23 bits per heavy atom. The van der Waals surface area contributed by atoms with Crippen LogP contribution in [-0.2, 0) is 42.9 Å². The van der Waals surface area contributed by atoms with Crippen molar-refractivity contribution in [2.24, 2.45) is 13.0 Å². The summed E-state index contributed by atoms with van der Waals surface area (Å²) in [4.78, 5) is 14.9. The van der Waals surface area contributed by atoms with E-state index in [9.17, 15) is 23.1 Å². The van der Waals surface area contributed by atoms with Crippen molar-refractivity contribution in [2.45, 2.75) is 50.0 Å². The zero-order valence-corrected chi connectivity index (χ0v) is 21.5. The standard InChI is InChI=1S/C28H30F3N5O3/c1-35-16-33-34-25(35)10-27(14-39-15-27)19-3-2-4-20(9-19)36-13-22-21(26(36)38)7-17(8-23(22)28(29,30)31)11-32-12-24(37)18-5-6-18/h2-4,7-9,16,18,24,32,37H,5-6,10-15H2,1H3. The molecule has 8 nitrogen and oxygen atoms in total. The third-order valence-corrected chi connectivity index (χ3v) is 8.08. The van der Waals surface area contributed by atoms with Crippen LogP contribution in [0.15, 0.2) is 42.7 Å². The van der Waals surface area contributed by atoms with Gasteiger partial charge in [0, 0.05) is 43.2 Å². The highest BCUT2D eigenvalue weighted by molar-refractivity contribution is 6.10. The first-order valence-corrected chi connectivity index (χ1v) is 13.1. The molecule has 0 radical (unpaired) electrons. The smallest absolute Gasteiger partial charge is 0.392 e. The normalized spacial score (nSPS) is 19.2. The van der Waals surface area contributed by atoms with Crippen LogP contribution in [0.5, 0.6) is 0 Å². The number of aromatic nitrogens is 3. The van der Waals surface area contributed by atoms with Gasteiger partial charge in [0.2, 0.25) is 0 Å². The Morgan fingerprint density at radius 2 is 2.03 bits per heavy atom. The van der Waals surface area contributed by atoms with Crippen LogP contribution in [0.25, 0.3) is 0 Å². The molecule has 2 fully saturated rings. The minimum atomic E-state index is -4.60. The number of carbonyl (C=O) groups is 1. The van der Waals surface area contributed by atoms with E-state index in [1.807, 2.05) is 29.8 Å². The van der Waals surface area contributed by atoms with Crippen LogP contribution < -0.4 is 10.2 Å². The van der Waals surface area contributed by atoms with Gasteiger partial charge in [-0.2, -0.15) is 13.2 Å². The topological polar surface area (TPSA) is 92.5 Å². The Hall–Kier alpha value is -3.28. The lowest BCUT2D eigenvalue weighted by Crippen LogP contribution is -2.49. The number of halogens is 3. The van der Waals surface area contributed by atoms with E-state index in [0.29, 0.717) is 37.4 Å². The SMILES string of the molecule is Cn1cnnc1CC1(c2cccc(N3Cc4c(cc(CNCC(O)C5CC5)cc4C(F)(F)F)C3=O)c2)COC1. The predicted octanol–water partition coefficient (Wildman–Crippen LogP) is 3.37. The van der Waals surface area contributed by atoms with Crippen LogP contribution in [0.1, 0.15) is 51.3 Å². The zero-order valence-electron chi connectivity index (χ0n) is 21.5. The van der Waals surface area contributed by atoms with Crippen LogP contribution in [0.3, 0.4) is 0 Å². The van der Waals surface area contributed by atoms with Crippen molar-refractivity contribution in [3.63, 3.8) is 0 Å². The number of alkyl halides is 3. The number of aliphatic hydroxyl groups is 1. The number of hydrogen-bond donors (Lipinski definition) is 2. The van der Waals surface area contributed by atoms with Gasteiger partial charge in [-0.15, -0.1) is 10.2 Å². The Balaban J connectivity index is 1.26. The molecule has 1 saturated carbocycles. The highest BCUT2D eigenvalue weighted by Gasteiger charge is 2.43. The molecule has 1 saturated heterocycles. The number of fused-ring (bicyclic) bond motifs is 1. The molecule has 6 rings (SSSR count). The van der Waals surface area contributed by atoms with Crippen molar-refractivity contribution in [1.82, 2.24) is 20.1 Å². The first-order valence-electron chi connectivity index (χ1n) is 13.1. The maximum Gasteiger partial charge on any atom is 0.416 e. The summed E-state index contributed by atoms with van der Waals surface area (Å²) in [7, 11) is 1.87. The third kappa shape index (κ3) is 4.94. The zero-order chi connectivity index (χ0) is 27.4. The number of aliphatic hydroxyl groups excluding tert-OH is 1. The number of nitrogens with zero attached hydrogens (tertiary/aromatic N) is 4. The minimum Gasteiger partial charge on any atom is -0.392 e. The molecule has 2 N–H and O–H groups in total. The third-order valence-electron chi connectivity index (χ3n) is 8.08. The van der Waals surface area contributed by atoms with E-state index in [0.717, 1.165) is 30.3 Å². The van der Waals surface area contributed by atoms with Gasteiger partial charge in [-0.25, -0.2) is 0 Å². The second kappa shape index (κ2) is 9.72. The van der Waals surface area contributed by atoms with Crippen LogP contribution in [0, 0.1) is 5.92 Å². The number of aryl methyl sites for hydroxylation is 1. The molecule has 39 heavy (non-hydrogen) atoms. The maximum atomic E-state index is 14.1. The molecule has 0 spiro atoms. The van der Waals surface area contributed by atoms with E-state index in [1.54, 1.807) is 18.5 Å². The van der Waals surface area contributed by atoms with E-state index in [-0.39, 0.29) is 35.5 Å². The van der Waals surface area contributed by atoms with Crippen LogP contribution >= 0.6 is 0 Å². The molecule has 1 atom stereocenters. The van der Waals surface area contributed by atoms with Gasteiger partial charge in [-0.05, 0) is 59.7 Å². The van der Waals surface area contributed by atoms with E-state index in [4.69, 9.17) is 4.74 Å². The van der Waals surface area contributed by atoms with Crippen molar-refractivity contribution in [3.05, 3.63) is 76.4 Å². The van der Waals surface area contributed by atoms with E-state index in [1.165, 1.54) is 4.90 Å². The second-order valence-corrected chi connectivity index (χ2v) is 11.0. The molecule has 206 valence electrons. The first kappa shape index (κ1) is 26.0. The lowest BCUT2D eigenvalue weighted by Gasteiger charge is -2.42. The first-order chi connectivity index (χ1) is 18.6. The summed E-state index contributed by atoms with van der Waals surface area (Å²) < 4.78 is 49.8. The average molecular weight is 542 g/mol. The number of hydrogen-bond acceptors (Lipinski definition) is 6. The minimum absolute atomic E-state index is 0.0135. The van der Waals surface area contributed by atoms with E-state index in [2.05, 4.69) is 15.5 Å². The molecule has 2 aliphatic heterocycles. The van der Waals surface area contributed by atoms with Crippen molar-refractivity contribution >= 4 is 11.6 Å². The molecule has 1 amide bonds. The molecule has 11 heteroatoms. The fourth-order valence-corrected chi connectivity index (χ4v) is 5.54. The van der Waals surface area contributed by atoms with Gasteiger partial charge in [0.1, 0.15) is 12.2 Å². The molecule has 3 heterocycles. The van der Waals surface area contributed by atoms with Gasteiger partial charge >= 0.3 is 6.18 Å².